The first-order valence-corrected chi connectivity index (χ1v) is 7.46. The van der Waals surface area contributed by atoms with E-state index in [2.05, 4.69) is 4.99 Å². The lowest BCUT2D eigenvalue weighted by molar-refractivity contribution is -0.0359. The summed E-state index contributed by atoms with van der Waals surface area (Å²) in [7, 11) is 0. The summed E-state index contributed by atoms with van der Waals surface area (Å²) in [6.07, 6.45) is -4.16. The number of halogens is 4. The molecule has 1 saturated heterocycles. The van der Waals surface area contributed by atoms with Gasteiger partial charge in [-0.2, -0.15) is 0 Å². The normalized spacial score (nSPS) is 31.2. The van der Waals surface area contributed by atoms with Crippen LogP contribution in [-0.2, 0) is 10.3 Å². The Labute approximate surface area is 127 Å². The first kappa shape index (κ1) is 15.4. The van der Waals surface area contributed by atoms with Crippen LogP contribution in [-0.4, -0.2) is 30.1 Å². The third-order valence-corrected chi connectivity index (χ3v) is 4.90. The molecule has 2 heterocycles. The molecule has 4 N–H and O–H groups in total. The fourth-order valence-electron chi connectivity index (χ4n) is 2.98. The molecule has 1 fully saturated rings. The van der Waals surface area contributed by atoms with Crippen molar-refractivity contribution in [3.63, 3.8) is 0 Å². The lowest BCUT2D eigenvalue weighted by Gasteiger charge is -2.35. The molecule has 3 rings (SSSR count). The van der Waals surface area contributed by atoms with Gasteiger partial charge in [0.2, 0.25) is 0 Å². The number of anilines is 1. The van der Waals surface area contributed by atoms with E-state index in [-0.39, 0.29) is 28.8 Å². The molecule has 0 aromatic heterocycles. The van der Waals surface area contributed by atoms with Crippen molar-refractivity contribution in [2.24, 2.45) is 16.6 Å². The van der Waals surface area contributed by atoms with Gasteiger partial charge in [0.05, 0.1) is 6.61 Å². The number of aliphatic imine (C=N–C) groups is 1. The number of nitrogen functional groups attached to an aromatic ring is 1. The Morgan fingerprint density at radius 1 is 1.32 bits per heavy atom. The number of fused-ring (bicyclic) bond motifs is 1. The van der Waals surface area contributed by atoms with Crippen molar-refractivity contribution in [1.82, 2.24) is 0 Å². The Balaban J connectivity index is 2.18. The quantitative estimate of drug-likeness (QED) is 0.641. The average Bonchev–Trinajstić information content (AvgIpc) is 2.82. The lowest BCUT2D eigenvalue weighted by atomic mass is 9.78. The molecule has 3 atom stereocenters. The van der Waals surface area contributed by atoms with Gasteiger partial charge in [-0.05, 0) is 12.1 Å². The molecule has 4 nitrogen and oxygen atoms in total. The van der Waals surface area contributed by atoms with Crippen LogP contribution in [0.3, 0.4) is 0 Å². The van der Waals surface area contributed by atoms with E-state index in [1.807, 2.05) is 0 Å². The van der Waals surface area contributed by atoms with Crippen LogP contribution in [0.15, 0.2) is 17.1 Å². The number of rotatable bonds is 2. The van der Waals surface area contributed by atoms with Crippen LogP contribution < -0.4 is 11.5 Å². The van der Waals surface area contributed by atoms with Crippen molar-refractivity contribution >= 4 is 22.6 Å². The van der Waals surface area contributed by atoms with Crippen LogP contribution in [0.5, 0.6) is 0 Å². The summed E-state index contributed by atoms with van der Waals surface area (Å²) in [6, 6.07) is 2.03. The third kappa shape index (κ3) is 2.23. The van der Waals surface area contributed by atoms with Gasteiger partial charge < -0.3 is 16.2 Å². The summed E-state index contributed by atoms with van der Waals surface area (Å²) in [4.78, 5) is 4.16. The van der Waals surface area contributed by atoms with Crippen LogP contribution in [0.25, 0.3) is 0 Å². The molecule has 1 aromatic rings. The molecule has 120 valence electrons. The predicted molar refractivity (Wildman–Crippen MR) is 75.8 cm³/mol. The number of nitrogens with two attached hydrogens (primary N) is 2. The van der Waals surface area contributed by atoms with Crippen LogP contribution in [0.4, 0.5) is 23.2 Å². The van der Waals surface area contributed by atoms with Gasteiger partial charge in [-0.15, -0.1) is 0 Å². The highest BCUT2D eigenvalue weighted by Crippen LogP contribution is 2.49. The van der Waals surface area contributed by atoms with Gasteiger partial charge in [-0.25, -0.2) is 22.6 Å². The topological polar surface area (TPSA) is 73.6 Å². The maximum Gasteiger partial charge on any atom is 0.264 e. The second-order valence-corrected chi connectivity index (χ2v) is 6.31. The molecule has 9 heteroatoms. The van der Waals surface area contributed by atoms with E-state index in [1.54, 1.807) is 0 Å². The van der Waals surface area contributed by atoms with E-state index < -0.39 is 35.6 Å². The molecule has 0 saturated carbocycles. The second kappa shape index (κ2) is 5.31. The van der Waals surface area contributed by atoms with Crippen LogP contribution in [0.2, 0.25) is 0 Å². The zero-order chi connectivity index (χ0) is 16.1. The number of thioether (sulfide) groups is 1. The molecule has 2 aliphatic heterocycles. The molecular formula is C13H13F4N3OS. The molecule has 3 unspecified atom stereocenters. The summed E-state index contributed by atoms with van der Waals surface area (Å²) in [5, 5.41) is 0.122. The third-order valence-electron chi connectivity index (χ3n) is 3.99. The fraction of sp³-hybridized carbons (Fsp3) is 0.462. The predicted octanol–water partition coefficient (Wildman–Crippen LogP) is 2.08. The van der Waals surface area contributed by atoms with Crippen LogP contribution >= 0.6 is 11.8 Å². The molecule has 2 aliphatic rings. The number of amidine groups is 1. The van der Waals surface area contributed by atoms with E-state index in [4.69, 9.17) is 16.2 Å². The van der Waals surface area contributed by atoms with Gasteiger partial charge in [0, 0.05) is 22.9 Å². The molecule has 1 aromatic carbocycles. The van der Waals surface area contributed by atoms with Crippen molar-refractivity contribution in [3.8, 4) is 0 Å². The van der Waals surface area contributed by atoms with Crippen molar-refractivity contribution in [2.45, 2.75) is 18.1 Å². The summed E-state index contributed by atoms with van der Waals surface area (Å²) >= 11 is 1.09. The summed E-state index contributed by atoms with van der Waals surface area (Å²) in [5.74, 6) is -2.96. The smallest absolute Gasteiger partial charge is 0.264 e. The Morgan fingerprint density at radius 2 is 2.05 bits per heavy atom. The van der Waals surface area contributed by atoms with Crippen molar-refractivity contribution in [1.29, 1.82) is 0 Å². The van der Waals surface area contributed by atoms with Gasteiger partial charge >= 0.3 is 0 Å². The van der Waals surface area contributed by atoms with Crippen molar-refractivity contribution in [3.05, 3.63) is 29.3 Å². The lowest BCUT2D eigenvalue weighted by Crippen LogP contribution is -2.44. The zero-order valence-electron chi connectivity index (χ0n) is 11.2. The van der Waals surface area contributed by atoms with Gasteiger partial charge in [-0.1, -0.05) is 11.8 Å². The Hall–Kier alpha value is -1.48. The van der Waals surface area contributed by atoms with Gasteiger partial charge in [-0.3, -0.25) is 0 Å². The second-order valence-electron chi connectivity index (χ2n) is 5.27. The SMILES string of the molecule is NC1=NC2(c3cc(N)cc(F)c3F)COC(C(F)F)C2CS1. The summed E-state index contributed by atoms with van der Waals surface area (Å²) in [6.45, 7) is -0.298. The van der Waals surface area contributed by atoms with E-state index in [9.17, 15) is 17.6 Å². The Bertz CT molecular complexity index is 642. The number of alkyl halides is 2. The highest BCUT2D eigenvalue weighted by molar-refractivity contribution is 8.13. The highest BCUT2D eigenvalue weighted by atomic mass is 32.2. The fourth-order valence-corrected chi connectivity index (χ4v) is 4.02. The molecule has 0 bridgehead atoms. The maximum atomic E-state index is 14.3. The van der Waals surface area contributed by atoms with Crippen LogP contribution in [0, 0.1) is 17.6 Å². The van der Waals surface area contributed by atoms with Crippen molar-refractivity contribution in [2.75, 3.05) is 18.1 Å². The molecular weight excluding hydrogens is 322 g/mol. The number of benzene rings is 1. The number of hydrogen-bond donors (Lipinski definition) is 2. The van der Waals surface area contributed by atoms with Crippen LogP contribution in [0.1, 0.15) is 5.56 Å². The molecule has 0 radical (unpaired) electrons. The number of ether oxygens (including phenoxy) is 1. The maximum absolute atomic E-state index is 14.3. The zero-order valence-corrected chi connectivity index (χ0v) is 12.0. The first-order chi connectivity index (χ1) is 10.3. The van der Waals surface area contributed by atoms with Gasteiger partial charge in [0.1, 0.15) is 11.6 Å². The number of nitrogens with zero attached hydrogens (tertiary/aromatic N) is 1. The molecule has 0 aliphatic carbocycles. The first-order valence-electron chi connectivity index (χ1n) is 6.48. The molecule has 0 spiro atoms. The van der Waals surface area contributed by atoms with E-state index in [1.165, 1.54) is 6.07 Å². The Kier molecular flexibility index (Phi) is 3.72. The number of hydrogen-bond acceptors (Lipinski definition) is 5. The summed E-state index contributed by atoms with van der Waals surface area (Å²) < 4.78 is 59.4. The van der Waals surface area contributed by atoms with Crippen molar-refractivity contribution < 1.29 is 22.3 Å². The minimum atomic E-state index is -2.75. The standard InChI is InChI=1S/C13H13F4N3OS/c14-8-2-5(18)1-6(9(8)15)13-4-21-10(11(16)17)7(13)3-22-12(19)20-13/h1-2,7,10-11H,3-4,18H2,(H2,19,20). The molecule has 0 amide bonds. The molecule has 22 heavy (non-hydrogen) atoms. The van der Waals surface area contributed by atoms with E-state index in [0.717, 1.165) is 17.8 Å². The van der Waals surface area contributed by atoms with Gasteiger partial charge in [0.25, 0.3) is 6.43 Å². The minimum absolute atomic E-state index is 0.0190. The largest absolute Gasteiger partial charge is 0.399 e. The summed E-state index contributed by atoms with van der Waals surface area (Å²) in [5.41, 5.74) is 9.56. The minimum Gasteiger partial charge on any atom is -0.399 e. The van der Waals surface area contributed by atoms with Gasteiger partial charge in [0.15, 0.2) is 16.8 Å². The van der Waals surface area contributed by atoms with E-state index >= 15 is 0 Å². The highest BCUT2D eigenvalue weighted by Gasteiger charge is 2.56. The Morgan fingerprint density at radius 3 is 2.73 bits per heavy atom. The monoisotopic (exact) mass is 335 g/mol. The van der Waals surface area contributed by atoms with E-state index in [0.29, 0.717) is 0 Å². The average molecular weight is 335 g/mol.